The Balaban J connectivity index is 1.19. The predicted octanol–water partition coefficient (Wildman–Crippen LogP) is 3.00. The molecule has 0 amide bonds. The highest BCUT2D eigenvalue weighted by molar-refractivity contribution is 7.15. The van der Waals surface area contributed by atoms with Crippen molar-refractivity contribution in [3.05, 3.63) is 22.5 Å². The van der Waals surface area contributed by atoms with Gasteiger partial charge < -0.3 is 10.4 Å². The van der Waals surface area contributed by atoms with Crippen molar-refractivity contribution in [2.24, 2.45) is 5.92 Å². The second kappa shape index (κ2) is 6.87. The van der Waals surface area contributed by atoms with Gasteiger partial charge in [-0.3, -0.25) is 14.1 Å². The van der Waals surface area contributed by atoms with Crippen molar-refractivity contribution < 1.29 is 9.90 Å². The molecule has 6 nitrogen and oxygen atoms in total. The van der Waals surface area contributed by atoms with Crippen LogP contribution >= 0.6 is 11.3 Å². The average Bonchev–Trinajstić information content (AvgIpc) is 3.48. The van der Waals surface area contributed by atoms with E-state index in [2.05, 4.69) is 26.9 Å². The zero-order chi connectivity index (χ0) is 18.5. The third-order valence-electron chi connectivity index (χ3n) is 6.40. The van der Waals surface area contributed by atoms with E-state index in [0.717, 1.165) is 48.4 Å². The molecule has 0 spiro atoms. The molecule has 0 atom stereocenters. The van der Waals surface area contributed by atoms with Gasteiger partial charge in [0.05, 0.1) is 17.9 Å². The van der Waals surface area contributed by atoms with Gasteiger partial charge in [-0.05, 0) is 51.4 Å². The van der Waals surface area contributed by atoms with Crippen LogP contribution < -0.4 is 5.32 Å². The van der Waals surface area contributed by atoms with Gasteiger partial charge in [0, 0.05) is 42.2 Å². The van der Waals surface area contributed by atoms with Crippen LogP contribution in [-0.4, -0.2) is 50.5 Å². The molecule has 5 rings (SSSR count). The molecule has 0 radical (unpaired) electrons. The summed E-state index contributed by atoms with van der Waals surface area (Å²) in [4.78, 5) is 19.2. The average molecular weight is 389 g/mol. The molecule has 0 bridgehead atoms. The minimum Gasteiger partial charge on any atom is -0.480 e. The summed E-state index contributed by atoms with van der Waals surface area (Å²) >= 11 is 1.75. The lowest BCUT2D eigenvalue weighted by atomic mass is 9.85. The Morgan fingerprint density at radius 1 is 1.37 bits per heavy atom. The van der Waals surface area contributed by atoms with Gasteiger partial charge in [0.1, 0.15) is 0 Å². The summed E-state index contributed by atoms with van der Waals surface area (Å²) < 4.78 is 2.38. The minimum absolute atomic E-state index is 0.190. The summed E-state index contributed by atoms with van der Waals surface area (Å²) in [5.41, 5.74) is 3.88. The quantitative estimate of drug-likeness (QED) is 0.691. The molecule has 2 aromatic rings. The van der Waals surface area contributed by atoms with Crippen LogP contribution in [0.3, 0.4) is 0 Å². The van der Waals surface area contributed by atoms with E-state index in [9.17, 15) is 9.90 Å². The van der Waals surface area contributed by atoms with E-state index < -0.39 is 5.97 Å². The Hall–Kier alpha value is -1.44. The van der Waals surface area contributed by atoms with E-state index in [0.29, 0.717) is 12.1 Å². The first-order chi connectivity index (χ1) is 13.1. The van der Waals surface area contributed by atoms with E-state index in [-0.39, 0.29) is 6.54 Å². The Morgan fingerprint density at radius 3 is 2.81 bits per heavy atom. The van der Waals surface area contributed by atoms with Crippen LogP contribution in [0.4, 0.5) is 0 Å². The second-order valence-electron chi connectivity index (χ2n) is 8.67. The Morgan fingerprint density at radius 2 is 2.15 bits per heavy atom. The maximum absolute atomic E-state index is 11.2. The van der Waals surface area contributed by atoms with Crippen LogP contribution in [0.2, 0.25) is 0 Å². The highest BCUT2D eigenvalue weighted by Crippen LogP contribution is 2.42. The van der Waals surface area contributed by atoms with Crippen molar-refractivity contribution in [3.63, 3.8) is 0 Å². The lowest BCUT2D eigenvalue weighted by Gasteiger charge is -2.43. The molecule has 3 aliphatic rings. The summed E-state index contributed by atoms with van der Waals surface area (Å²) in [6.07, 6.45) is 7.26. The van der Waals surface area contributed by atoms with Crippen LogP contribution in [0, 0.1) is 12.8 Å². The van der Waals surface area contributed by atoms with Gasteiger partial charge in [-0.15, -0.1) is 11.3 Å². The van der Waals surface area contributed by atoms with Gasteiger partial charge in [0.2, 0.25) is 0 Å². The van der Waals surface area contributed by atoms with Crippen LogP contribution in [0.5, 0.6) is 0 Å². The lowest BCUT2D eigenvalue weighted by molar-refractivity contribution is -0.139. The predicted molar refractivity (Wildman–Crippen MR) is 105 cm³/mol. The Bertz CT molecular complexity index is 846. The number of thiazole rings is 1. The molecular weight excluding hydrogens is 360 g/mol. The fourth-order valence-electron chi connectivity index (χ4n) is 4.35. The number of fused-ring (bicyclic) bond motifs is 1. The molecule has 2 N–H and O–H groups in total. The third kappa shape index (κ3) is 3.65. The number of carboxylic acids is 1. The first kappa shape index (κ1) is 17.6. The SMILES string of the molecule is Cc1nc2scc(C3CC3)n2c1CNC1CC(N(CC(=O)O)CC2CC2)C1. The lowest BCUT2D eigenvalue weighted by Crippen LogP contribution is -2.54. The van der Waals surface area contributed by atoms with Gasteiger partial charge in [0.25, 0.3) is 0 Å². The number of nitrogens with one attached hydrogen (secondary N) is 1. The number of carbonyl (C=O) groups is 1. The largest absolute Gasteiger partial charge is 0.480 e. The molecule has 3 aliphatic carbocycles. The van der Waals surface area contributed by atoms with Crippen LogP contribution in [-0.2, 0) is 11.3 Å². The molecule has 3 saturated carbocycles. The molecule has 2 aromatic heterocycles. The third-order valence-corrected chi connectivity index (χ3v) is 7.24. The number of carboxylic acid groups (broad SMARTS) is 1. The molecule has 0 aliphatic heterocycles. The summed E-state index contributed by atoms with van der Waals surface area (Å²) in [5.74, 6) is 0.763. The molecular formula is C20H28N4O2S. The van der Waals surface area contributed by atoms with Crippen molar-refractivity contribution in [1.29, 1.82) is 0 Å². The molecule has 0 aromatic carbocycles. The summed E-state index contributed by atoms with van der Waals surface area (Å²) in [7, 11) is 0. The highest BCUT2D eigenvalue weighted by Gasteiger charge is 2.37. The second-order valence-corrected chi connectivity index (χ2v) is 9.50. The summed E-state index contributed by atoms with van der Waals surface area (Å²) in [6.45, 7) is 4.12. The monoisotopic (exact) mass is 388 g/mol. The number of hydrogen-bond acceptors (Lipinski definition) is 5. The number of hydrogen-bond donors (Lipinski definition) is 2. The normalized spacial score (nSPS) is 25.3. The van der Waals surface area contributed by atoms with Crippen LogP contribution in [0.25, 0.3) is 4.96 Å². The van der Waals surface area contributed by atoms with Crippen LogP contribution in [0.1, 0.15) is 61.5 Å². The number of nitrogens with zero attached hydrogens (tertiary/aromatic N) is 3. The fraction of sp³-hybridized carbons (Fsp3) is 0.700. The highest BCUT2D eigenvalue weighted by atomic mass is 32.1. The zero-order valence-electron chi connectivity index (χ0n) is 15.9. The number of aliphatic carboxylic acids is 1. The molecule has 0 unspecified atom stereocenters. The van der Waals surface area contributed by atoms with Crippen molar-refractivity contribution in [2.75, 3.05) is 13.1 Å². The smallest absolute Gasteiger partial charge is 0.317 e. The molecule has 27 heavy (non-hydrogen) atoms. The minimum atomic E-state index is -0.700. The topological polar surface area (TPSA) is 69.9 Å². The molecule has 146 valence electrons. The van der Waals surface area contributed by atoms with E-state index in [1.54, 1.807) is 11.3 Å². The number of aromatic nitrogens is 2. The maximum Gasteiger partial charge on any atom is 0.317 e. The van der Waals surface area contributed by atoms with Gasteiger partial charge in [-0.2, -0.15) is 0 Å². The maximum atomic E-state index is 11.2. The van der Waals surface area contributed by atoms with Gasteiger partial charge in [-0.1, -0.05) is 0 Å². The standard InChI is InChI=1S/C20H28N4O2S/c1-12-17(24-18(14-4-5-14)11-27-20(24)22-12)8-21-15-6-16(7-15)23(10-19(25)26)9-13-2-3-13/h11,13-16,21H,2-10H2,1H3,(H,25,26). The Kier molecular flexibility index (Phi) is 4.49. The van der Waals surface area contributed by atoms with Crippen molar-refractivity contribution in [3.8, 4) is 0 Å². The van der Waals surface area contributed by atoms with E-state index in [1.807, 2.05) is 0 Å². The zero-order valence-corrected chi connectivity index (χ0v) is 16.7. The fourth-order valence-corrected chi connectivity index (χ4v) is 5.39. The van der Waals surface area contributed by atoms with Gasteiger partial charge in [-0.25, -0.2) is 4.98 Å². The van der Waals surface area contributed by atoms with Gasteiger partial charge >= 0.3 is 5.97 Å². The molecule has 7 heteroatoms. The van der Waals surface area contributed by atoms with E-state index >= 15 is 0 Å². The molecule has 2 heterocycles. The first-order valence-corrected chi connectivity index (χ1v) is 11.1. The van der Waals surface area contributed by atoms with Gasteiger partial charge in [0.15, 0.2) is 4.96 Å². The number of imidazole rings is 1. The summed E-state index contributed by atoms with van der Waals surface area (Å²) in [5, 5.41) is 15.2. The molecule has 3 fully saturated rings. The van der Waals surface area contributed by atoms with E-state index in [4.69, 9.17) is 4.98 Å². The van der Waals surface area contributed by atoms with E-state index in [1.165, 1.54) is 37.1 Å². The first-order valence-electron chi connectivity index (χ1n) is 10.2. The number of aryl methyl sites for hydroxylation is 1. The molecule has 0 saturated heterocycles. The Labute approximate surface area is 163 Å². The van der Waals surface area contributed by atoms with Crippen molar-refractivity contribution >= 4 is 22.3 Å². The summed E-state index contributed by atoms with van der Waals surface area (Å²) in [6, 6.07) is 0.910. The van der Waals surface area contributed by atoms with Crippen LogP contribution in [0.15, 0.2) is 5.38 Å². The van der Waals surface area contributed by atoms with Crippen molar-refractivity contribution in [2.45, 2.75) is 70.0 Å². The number of rotatable bonds is 9. The van der Waals surface area contributed by atoms with Crippen molar-refractivity contribution in [1.82, 2.24) is 19.6 Å².